The summed E-state index contributed by atoms with van der Waals surface area (Å²) in [5.41, 5.74) is 3.80. The Hall–Kier alpha value is -3.06. The molecule has 0 spiro atoms. The lowest BCUT2D eigenvalue weighted by Gasteiger charge is -2.15. The summed E-state index contributed by atoms with van der Waals surface area (Å²) in [6, 6.07) is 11.8. The first kappa shape index (κ1) is 16.8. The van der Waals surface area contributed by atoms with Crippen molar-refractivity contribution in [1.82, 2.24) is 5.32 Å². The first-order chi connectivity index (χ1) is 11.8. The van der Waals surface area contributed by atoms with E-state index in [0.29, 0.717) is 22.1 Å². The Morgan fingerprint density at radius 3 is 2.28 bits per heavy atom. The van der Waals surface area contributed by atoms with Crippen LogP contribution in [-0.2, 0) is 4.79 Å². The summed E-state index contributed by atoms with van der Waals surface area (Å²) in [7, 11) is 0. The fraction of sp³-hybridized carbons (Fsp3) is 0.111. The molecule has 0 unspecified atom stereocenters. The number of nitrogens with zero attached hydrogens (tertiary/aromatic N) is 2. The molecule has 126 valence electrons. The maximum absolute atomic E-state index is 12.7. The standard InChI is InChI=1S/C18H15N3O3S/c1-11-7-12(2)9-15(8-11)20-17(22)16(19-18(20)25)10-13-3-5-14(6-4-13)21(23)24/h3-10H,1-2H3,(H,19,25)/b16-10+. The van der Waals surface area contributed by atoms with Crippen LogP contribution < -0.4 is 10.2 Å². The van der Waals surface area contributed by atoms with Gasteiger partial charge in [0, 0.05) is 12.1 Å². The van der Waals surface area contributed by atoms with Crippen LogP contribution in [0.5, 0.6) is 0 Å². The number of carbonyl (C=O) groups excluding carboxylic acids is 1. The summed E-state index contributed by atoms with van der Waals surface area (Å²) < 4.78 is 0. The number of non-ortho nitro benzene ring substituents is 1. The number of amides is 1. The number of benzene rings is 2. The third-order valence-corrected chi connectivity index (χ3v) is 4.04. The first-order valence-corrected chi connectivity index (χ1v) is 7.96. The Morgan fingerprint density at radius 2 is 1.72 bits per heavy atom. The number of carbonyl (C=O) groups is 1. The van der Waals surface area contributed by atoms with Crippen molar-refractivity contribution >= 4 is 40.7 Å². The SMILES string of the molecule is Cc1cc(C)cc(N2C(=O)/C(=C\c3ccc([N+](=O)[O-])cc3)NC2=S)c1. The van der Waals surface area contributed by atoms with Crippen molar-refractivity contribution in [3.05, 3.63) is 75.0 Å². The van der Waals surface area contributed by atoms with Crippen LogP contribution in [0.25, 0.3) is 6.08 Å². The fourth-order valence-corrected chi connectivity index (χ4v) is 3.01. The minimum Gasteiger partial charge on any atom is -0.327 e. The number of aryl methyl sites for hydroxylation is 2. The topological polar surface area (TPSA) is 75.5 Å². The Bertz CT molecular complexity index is 899. The van der Waals surface area contributed by atoms with E-state index >= 15 is 0 Å². The second kappa shape index (κ2) is 6.45. The Morgan fingerprint density at radius 1 is 1.12 bits per heavy atom. The van der Waals surface area contributed by atoms with Gasteiger partial charge in [0.25, 0.3) is 11.6 Å². The Labute approximate surface area is 149 Å². The summed E-state index contributed by atoms with van der Waals surface area (Å²) in [6.07, 6.45) is 1.63. The number of rotatable bonds is 3. The lowest BCUT2D eigenvalue weighted by atomic mass is 10.1. The van der Waals surface area contributed by atoms with E-state index in [2.05, 4.69) is 5.32 Å². The van der Waals surface area contributed by atoms with Crippen molar-refractivity contribution in [2.45, 2.75) is 13.8 Å². The predicted molar refractivity (Wildman–Crippen MR) is 100 cm³/mol. The van der Waals surface area contributed by atoms with Crippen LogP contribution in [0, 0.1) is 24.0 Å². The maximum Gasteiger partial charge on any atom is 0.281 e. The molecule has 1 heterocycles. The van der Waals surface area contributed by atoms with Gasteiger partial charge in [-0.05, 0) is 73.1 Å². The molecule has 2 aromatic rings. The quantitative estimate of drug-likeness (QED) is 0.396. The minimum absolute atomic E-state index is 0.000223. The number of hydrogen-bond acceptors (Lipinski definition) is 4. The number of nitrogens with one attached hydrogen (secondary N) is 1. The number of thiocarbonyl (C=S) groups is 1. The van der Waals surface area contributed by atoms with Gasteiger partial charge in [0.2, 0.25) is 0 Å². The first-order valence-electron chi connectivity index (χ1n) is 7.55. The third kappa shape index (κ3) is 3.41. The van der Waals surface area contributed by atoms with Crippen LogP contribution in [0.1, 0.15) is 16.7 Å². The Kier molecular flexibility index (Phi) is 4.33. The molecule has 1 saturated heterocycles. The highest BCUT2D eigenvalue weighted by molar-refractivity contribution is 7.80. The van der Waals surface area contributed by atoms with Gasteiger partial charge in [-0.25, -0.2) is 0 Å². The molecule has 1 fully saturated rings. The molecule has 0 saturated carbocycles. The van der Waals surface area contributed by atoms with Crippen LogP contribution in [0.15, 0.2) is 48.2 Å². The van der Waals surface area contributed by atoms with Crippen LogP contribution in [0.4, 0.5) is 11.4 Å². The van der Waals surface area contributed by atoms with E-state index in [4.69, 9.17) is 12.2 Å². The number of hydrogen-bond donors (Lipinski definition) is 1. The molecule has 7 heteroatoms. The highest BCUT2D eigenvalue weighted by atomic mass is 32.1. The van der Waals surface area contributed by atoms with Crippen LogP contribution in [0.2, 0.25) is 0 Å². The summed E-state index contributed by atoms with van der Waals surface area (Å²) in [5, 5.41) is 13.9. The van der Waals surface area contributed by atoms with E-state index in [1.54, 1.807) is 18.2 Å². The van der Waals surface area contributed by atoms with Gasteiger partial charge in [-0.2, -0.15) is 0 Å². The second-order valence-corrected chi connectivity index (χ2v) is 6.21. The molecular weight excluding hydrogens is 338 g/mol. The average Bonchev–Trinajstić information content (AvgIpc) is 2.81. The molecule has 1 aliphatic rings. The largest absolute Gasteiger partial charge is 0.327 e. The number of nitro benzene ring substituents is 1. The summed E-state index contributed by atoms with van der Waals surface area (Å²) >= 11 is 5.30. The highest BCUT2D eigenvalue weighted by Gasteiger charge is 2.32. The van der Waals surface area contributed by atoms with E-state index in [-0.39, 0.29) is 11.6 Å². The summed E-state index contributed by atoms with van der Waals surface area (Å²) in [4.78, 5) is 24.4. The zero-order chi connectivity index (χ0) is 18.1. The molecule has 0 atom stereocenters. The molecule has 0 aliphatic carbocycles. The van der Waals surface area contributed by atoms with Crippen molar-refractivity contribution in [2.24, 2.45) is 0 Å². The normalized spacial score (nSPS) is 15.6. The number of nitro groups is 1. The van der Waals surface area contributed by atoms with Gasteiger partial charge in [0.1, 0.15) is 5.70 Å². The van der Waals surface area contributed by atoms with E-state index in [1.165, 1.54) is 17.0 Å². The van der Waals surface area contributed by atoms with Crippen LogP contribution >= 0.6 is 12.2 Å². The molecule has 1 amide bonds. The molecule has 25 heavy (non-hydrogen) atoms. The maximum atomic E-state index is 12.7. The zero-order valence-corrected chi connectivity index (χ0v) is 14.5. The van der Waals surface area contributed by atoms with Gasteiger partial charge >= 0.3 is 0 Å². The van der Waals surface area contributed by atoms with Crippen molar-refractivity contribution in [2.75, 3.05) is 4.90 Å². The lowest BCUT2D eigenvalue weighted by Crippen LogP contribution is -2.30. The van der Waals surface area contributed by atoms with Gasteiger partial charge < -0.3 is 5.32 Å². The zero-order valence-electron chi connectivity index (χ0n) is 13.6. The molecule has 1 aliphatic heterocycles. The van der Waals surface area contributed by atoms with Crippen molar-refractivity contribution in [1.29, 1.82) is 0 Å². The van der Waals surface area contributed by atoms with Crippen LogP contribution in [0.3, 0.4) is 0 Å². The molecule has 6 nitrogen and oxygen atoms in total. The monoisotopic (exact) mass is 353 g/mol. The van der Waals surface area contributed by atoms with E-state index in [9.17, 15) is 14.9 Å². The summed E-state index contributed by atoms with van der Waals surface area (Å²) in [6.45, 7) is 3.92. The smallest absolute Gasteiger partial charge is 0.281 e. The van der Waals surface area contributed by atoms with E-state index < -0.39 is 4.92 Å². The summed E-state index contributed by atoms with van der Waals surface area (Å²) in [5.74, 6) is -0.256. The molecule has 0 radical (unpaired) electrons. The molecule has 1 N–H and O–H groups in total. The van der Waals surface area contributed by atoms with Gasteiger partial charge in [-0.15, -0.1) is 0 Å². The van der Waals surface area contributed by atoms with Crippen molar-refractivity contribution < 1.29 is 9.72 Å². The lowest BCUT2D eigenvalue weighted by molar-refractivity contribution is -0.384. The average molecular weight is 353 g/mol. The molecular formula is C18H15N3O3S. The highest BCUT2D eigenvalue weighted by Crippen LogP contribution is 2.25. The molecule has 3 rings (SSSR count). The second-order valence-electron chi connectivity index (χ2n) is 5.82. The molecule has 0 aromatic heterocycles. The van der Waals surface area contributed by atoms with E-state index in [0.717, 1.165) is 11.1 Å². The van der Waals surface area contributed by atoms with Gasteiger partial charge in [-0.1, -0.05) is 6.07 Å². The molecule has 2 aromatic carbocycles. The third-order valence-electron chi connectivity index (χ3n) is 3.76. The molecule has 0 bridgehead atoms. The van der Waals surface area contributed by atoms with E-state index in [1.807, 2.05) is 32.0 Å². The van der Waals surface area contributed by atoms with Crippen molar-refractivity contribution in [3.63, 3.8) is 0 Å². The number of anilines is 1. The van der Waals surface area contributed by atoms with Crippen molar-refractivity contribution in [3.8, 4) is 0 Å². The predicted octanol–water partition coefficient (Wildman–Crippen LogP) is 3.47. The van der Waals surface area contributed by atoms with Gasteiger partial charge in [-0.3, -0.25) is 19.8 Å². The Balaban J connectivity index is 1.91. The van der Waals surface area contributed by atoms with Gasteiger partial charge in [0.05, 0.1) is 10.6 Å². The fourth-order valence-electron chi connectivity index (χ4n) is 2.71. The minimum atomic E-state index is -0.465. The van der Waals surface area contributed by atoms with Crippen LogP contribution in [-0.4, -0.2) is 15.9 Å². The van der Waals surface area contributed by atoms with Gasteiger partial charge in [0.15, 0.2) is 5.11 Å².